The molecule has 0 unspecified atom stereocenters. The highest BCUT2D eigenvalue weighted by Gasteiger charge is 2.30. The first-order valence-corrected chi connectivity index (χ1v) is 8.16. The van der Waals surface area contributed by atoms with Crippen LogP contribution in [0.4, 0.5) is 14.9 Å². The molecule has 0 bridgehead atoms. The van der Waals surface area contributed by atoms with Gasteiger partial charge in [0.15, 0.2) is 0 Å². The monoisotopic (exact) mass is 348 g/mol. The summed E-state index contributed by atoms with van der Waals surface area (Å²) in [6.45, 7) is 0.253. The van der Waals surface area contributed by atoms with E-state index >= 15 is 0 Å². The molecule has 1 aliphatic carbocycles. The number of amides is 1. The Hall–Kier alpha value is -2.27. The minimum absolute atomic E-state index is 0.0646. The number of benzene rings is 2. The fraction of sp³-hybridized carbons (Fsp3) is 0.278. The van der Waals surface area contributed by atoms with Crippen LogP contribution in [0.5, 0.6) is 0 Å². The summed E-state index contributed by atoms with van der Waals surface area (Å²) in [6.07, 6.45) is 1.10. The highest BCUT2D eigenvalue weighted by atomic mass is 35.5. The highest BCUT2D eigenvalue weighted by molar-refractivity contribution is 6.30. The van der Waals surface area contributed by atoms with E-state index in [0.717, 1.165) is 18.4 Å². The maximum Gasteiger partial charge on any atom is 0.407 e. The average molecular weight is 349 g/mol. The van der Waals surface area contributed by atoms with E-state index in [2.05, 4.69) is 10.6 Å². The van der Waals surface area contributed by atoms with Gasteiger partial charge in [-0.25, -0.2) is 9.18 Å². The molecule has 1 fully saturated rings. The van der Waals surface area contributed by atoms with Gasteiger partial charge in [0.1, 0.15) is 12.4 Å². The SMILES string of the molecule is O=C(NC1CC(Nc2cc(F)cc(Cl)c2)C1)OCc1ccccc1. The lowest BCUT2D eigenvalue weighted by Crippen LogP contribution is -2.49. The van der Waals surface area contributed by atoms with Crippen LogP contribution >= 0.6 is 11.6 Å². The number of halogens is 2. The van der Waals surface area contributed by atoms with Crippen LogP contribution in [0.25, 0.3) is 0 Å². The third-order valence-corrected chi connectivity index (χ3v) is 4.12. The molecule has 0 saturated heterocycles. The minimum atomic E-state index is -0.420. The minimum Gasteiger partial charge on any atom is -0.445 e. The predicted octanol–water partition coefficient (Wildman–Crippen LogP) is 4.35. The molecule has 1 amide bonds. The summed E-state index contributed by atoms with van der Waals surface area (Å²) in [6, 6.07) is 14.1. The Labute approximate surface area is 145 Å². The summed E-state index contributed by atoms with van der Waals surface area (Å²) >= 11 is 5.82. The Morgan fingerprint density at radius 3 is 2.62 bits per heavy atom. The second-order valence-corrected chi connectivity index (χ2v) is 6.31. The Balaban J connectivity index is 1.38. The van der Waals surface area contributed by atoms with E-state index in [1.54, 1.807) is 6.07 Å². The number of carbonyl (C=O) groups excluding carboxylic acids is 1. The summed E-state index contributed by atoms with van der Waals surface area (Å²) in [5.41, 5.74) is 1.60. The van der Waals surface area contributed by atoms with Crippen molar-refractivity contribution in [2.24, 2.45) is 0 Å². The summed E-state index contributed by atoms with van der Waals surface area (Å²) in [7, 11) is 0. The van der Waals surface area contributed by atoms with E-state index in [-0.39, 0.29) is 24.5 Å². The number of nitrogens with one attached hydrogen (secondary N) is 2. The Kier molecular flexibility index (Phi) is 5.20. The van der Waals surface area contributed by atoms with Gasteiger partial charge in [0.25, 0.3) is 0 Å². The number of carbonyl (C=O) groups is 1. The number of hydrogen-bond donors (Lipinski definition) is 2. The zero-order chi connectivity index (χ0) is 16.9. The van der Waals surface area contributed by atoms with Crippen molar-refractivity contribution >= 4 is 23.4 Å². The van der Waals surface area contributed by atoms with Gasteiger partial charge < -0.3 is 15.4 Å². The summed E-state index contributed by atoms with van der Waals surface area (Å²) in [5.74, 6) is -0.372. The van der Waals surface area contributed by atoms with E-state index in [0.29, 0.717) is 10.7 Å². The van der Waals surface area contributed by atoms with Crippen LogP contribution in [0, 0.1) is 5.82 Å². The molecular formula is C18H18ClFN2O2. The van der Waals surface area contributed by atoms with Crippen molar-refractivity contribution in [2.75, 3.05) is 5.32 Å². The zero-order valence-corrected chi connectivity index (χ0v) is 13.7. The van der Waals surface area contributed by atoms with Crippen LogP contribution in [-0.2, 0) is 11.3 Å². The lowest BCUT2D eigenvalue weighted by molar-refractivity contribution is 0.129. The van der Waals surface area contributed by atoms with Crippen molar-refractivity contribution in [3.63, 3.8) is 0 Å². The van der Waals surface area contributed by atoms with Crippen LogP contribution in [0.15, 0.2) is 48.5 Å². The lowest BCUT2D eigenvalue weighted by atomic mass is 9.86. The van der Waals surface area contributed by atoms with Crippen molar-refractivity contribution in [1.82, 2.24) is 5.32 Å². The number of anilines is 1. The van der Waals surface area contributed by atoms with Crippen molar-refractivity contribution < 1.29 is 13.9 Å². The van der Waals surface area contributed by atoms with Gasteiger partial charge in [-0.3, -0.25) is 0 Å². The first-order chi connectivity index (χ1) is 11.6. The normalized spacial score (nSPS) is 19.2. The molecule has 126 valence electrons. The van der Waals surface area contributed by atoms with Gasteiger partial charge in [-0.15, -0.1) is 0 Å². The van der Waals surface area contributed by atoms with Gasteiger partial charge in [-0.05, 0) is 36.6 Å². The molecule has 1 aliphatic rings. The van der Waals surface area contributed by atoms with Gasteiger partial charge in [0, 0.05) is 22.8 Å². The van der Waals surface area contributed by atoms with Gasteiger partial charge in [0.2, 0.25) is 0 Å². The molecule has 0 aliphatic heterocycles. The molecule has 0 aromatic heterocycles. The molecule has 2 N–H and O–H groups in total. The summed E-state index contributed by atoms with van der Waals surface area (Å²) < 4.78 is 18.5. The third-order valence-electron chi connectivity index (χ3n) is 3.91. The number of rotatable bonds is 5. The largest absolute Gasteiger partial charge is 0.445 e. The summed E-state index contributed by atoms with van der Waals surface area (Å²) in [4.78, 5) is 11.8. The highest BCUT2D eigenvalue weighted by Crippen LogP contribution is 2.26. The van der Waals surface area contributed by atoms with Crippen molar-refractivity contribution in [1.29, 1.82) is 0 Å². The van der Waals surface area contributed by atoms with Crippen molar-refractivity contribution in [3.8, 4) is 0 Å². The number of ether oxygens (including phenoxy) is 1. The number of hydrogen-bond acceptors (Lipinski definition) is 3. The Morgan fingerprint density at radius 2 is 1.92 bits per heavy atom. The Bertz CT molecular complexity index is 685. The smallest absolute Gasteiger partial charge is 0.407 e. The Morgan fingerprint density at radius 1 is 1.17 bits per heavy atom. The van der Waals surface area contributed by atoms with E-state index in [4.69, 9.17) is 16.3 Å². The fourth-order valence-corrected chi connectivity index (χ4v) is 2.88. The van der Waals surface area contributed by atoms with Crippen LogP contribution in [0.1, 0.15) is 18.4 Å². The van der Waals surface area contributed by atoms with Gasteiger partial charge in [0.05, 0.1) is 0 Å². The molecule has 0 spiro atoms. The maximum atomic E-state index is 13.3. The molecule has 2 aromatic carbocycles. The summed E-state index contributed by atoms with van der Waals surface area (Å²) in [5, 5.41) is 6.39. The fourth-order valence-electron chi connectivity index (χ4n) is 2.66. The number of alkyl carbamates (subject to hydrolysis) is 1. The van der Waals surface area contributed by atoms with Gasteiger partial charge in [-0.2, -0.15) is 0 Å². The topological polar surface area (TPSA) is 50.4 Å². The molecule has 2 aromatic rings. The van der Waals surface area contributed by atoms with Crippen LogP contribution in [0.3, 0.4) is 0 Å². The van der Waals surface area contributed by atoms with E-state index < -0.39 is 6.09 Å². The van der Waals surface area contributed by atoms with Crippen LogP contribution in [0.2, 0.25) is 5.02 Å². The van der Waals surface area contributed by atoms with Crippen molar-refractivity contribution in [3.05, 3.63) is 64.9 Å². The average Bonchev–Trinajstić information content (AvgIpc) is 2.51. The second kappa shape index (κ2) is 7.53. The maximum absolute atomic E-state index is 13.3. The van der Waals surface area contributed by atoms with E-state index in [1.807, 2.05) is 30.3 Å². The molecule has 3 rings (SSSR count). The second-order valence-electron chi connectivity index (χ2n) is 5.87. The molecule has 0 heterocycles. The first kappa shape index (κ1) is 16.6. The third kappa shape index (κ3) is 4.61. The van der Waals surface area contributed by atoms with Crippen LogP contribution < -0.4 is 10.6 Å². The quantitative estimate of drug-likeness (QED) is 0.844. The van der Waals surface area contributed by atoms with Gasteiger partial charge in [-0.1, -0.05) is 41.9 Å². The zero-order valence-electron chi connectivity index (χ0n) is 13.0. The van der Waals surface area contributed by atoms with Gasteiger partial charge >= 0.3 is 6.09 Å². The molecule has 1 saturated carbocycles. The molecule has 24 heavy (non-hydrogen) atoms. The predicted molar refractivity (Wildman–Crippen MR) is 91.6 cm³/mol. The molecular weight excluding hydrogens is 331 g/mol. The molecule has 0 atom stereocenters. The molecule has 6 heteroatoms. The van der Waals surface area contributed by atoms with Crippen LogP contribution in [-0.4, -0.2) is 18.2 Å². The van der Waals surface area contributed by atoms with E-state index in [1.165, 1.54) is 12.1 Å². The van der Waals surface area contributed by atoms with Crippen molar-refractivity contribution in [2.45, 2.75) is 31.5 Å². The molecule has 4 nitrogen and oxygen atoms in total. The first-order valence-electron chi connectivity index (χ1n) is 7.78. The van der Waals surface area contributed by atoms with E-state index in [9.17, 15) is 9.18 Å². The lowest BCUT2D eigenvalue weighted by Gasteiger charge is -2.36. The standard InChI is InChI=1S/C18H18ClFN2O2/c19-13-6-14(20)8-15(7-13)21-16-9-17(10-16)22-18(23)24-11-12-4-2-1-3-5-12/h1-8,16-17,21H,9-11H2,(H,22,23). The molecule has 0 radical (unpaired) electrons.